The molecular weight excluding hydrogens is 368 g/mol. The summed E-state index contributed by atoms with van der Waals surface area (Å²) in [5.41, 5.74) is 2.75. The number of nitriles is 1. The SMILES string of the molecule is N#CCCN(C(=O)COC(=O)C1=NNC(=O)CC1)c1ccc2c(c1)OCCO2. The molecule has 10 nitrogen and oxygen atoms in total. The van der Waals surface area contributed by atoms with Gasteiger partial charge in [0.15, 0.2) is 18.1 Å². The molecule has 1 aromatic rings. The Kier molecular flexibility index (Phi) is 6.06. The van der Waals surface area contributed by atoms with Crippen LogP contribution in [0, 0.1) is 11.3 Å². The van der Waals surface area contributed by atoms with Crippen LogP contribution in [0.15, 0.2) is 23.3 Å². The van der Waals surface area contributed by atoms with Gasteiger partial charge in [-0.2, -0.15) is 10.4 Å². The Labute approximate surface area is 160 Å². The molecule has 0 saturated heterocycles. The van der Waals surface area contributed by atoms with Crippen LogP contribution in [-0.2, 0) is 19.1 Å². The first-order valence-electron chi connectivity index (χ1n) is 8.68. The highest BCUT2D eigenvalue weighted by atomic mass is 16.6. The lowest BCUT2D eigenvalue weighted by molar-refractivity contribution is -0.141. The molecule has 2 heterocycles. The number of rotatable bonds is 6. The first-order chi connectivity index (χ1) is 13.6. The maximum Gasteiger partial charge on any atom is 0.355 e. The van der Waals surface area contributed by atoms with Gasteiger partial charge in [0.05, 0.1) is 12.5 Å². The van der Waals surface area contributed by atoms with E-state index in [1.165, 1.54) is 4.90 Å². The summed E-state index contributed by atoms with van der Waals surface area (Å²) >= 11 is 0. The summed E-state index contributed by atoms with van der Waals surface area (Å²) in [7, 11) is 0. The van der Waals surface area contributed by atoms with Gasteiger partial charge in [-0.15, -0.1) is 0 Å². The van der Waals surface area contributed by atoms with Crippen molar-refractivity contribution in [2.45, 2.75) is 19.3 Å². The lowest BCUT2D eigenvalue weighted by Gasteiger charge is -2.24. The average molecular weight is 386 g/mol. The van der Waals surface area contributed by atoms with Gasteiger partial charge in [0, 0.05) is 31.1 Å². The van der Waals surface area contributed by atoms with Gasteiger partial charge in [-0.25, -0.2) is 10.2 Å². The Hall–Kier alpha value is -3.61. The molecular formula is C18H18N4O6. The fourth-order valence-corrected chi connectivity index (χ4v) is 2.67. The number of esters is 1. The number of fused-ring (bicyclic) bond motifs is 1. The zero-order chi connectivity index (χ0) is 19.9. The highest BCUT2D eigenvalue weighted by molar-refractivity contribution is 6.37. The molecule has 28 heavy (non-hydrogen) atoms. The Bertz CT molecular complexity index is 860. The molecule has 0 radical (unpaired) electrons. The van der Waals surface area contributed by atoms with Crippen LogP contribution in [0.5, 0.6) is 11.5 Å². The third-order valence-electron chi connectivity index (χ3n) is 4.05. The van der Waals surface area contributed by atoms with E-state index in [-0.39, 0.29) is 37.4 Å². The third-order valence-corrected chi connectivity index (χ3v) is 4.05. The normalized spacial score (nSPS) is 15.0. The summed E-state index contributed by atoms with van der Waals surface area (Å²) in [6.07, 6.45) is 0.388. The standard InChI is InChI=1S/C18H18N4O6/c19-6-1-7-22(12-2-4-14-15(10-12)27-9-8-26-14)17(24)11-28-18(25)13-3-5-16(23)21-20-13/h2,4,10H,1,3,5,7-9,11H2,(H,21,23). The van der Waals surface area contributed by atoms with Gasteiger partial charge in [0.2, 0.25) is 5.91 Å². The van der Waals surface area contributed by atoms with Gasteiger partial charge >= 0.3 is 5.97 Å². The quantitative estimate of drug-likeness (QED) is 0.705. The largest absolute Gasteiger partial charge is 0.486 e. The number of ether oxygens (including phenoxy) is 3. The Morgan fingerprint density at radius 2 is 2.04 bits per heavy atom. The maximum absolute atomic E-state index is 12.6. The highest BCUT2D eigenvalue weighted by Crippen LogP contribution is 2.34. The fraction of sp³-hybridized carbons (Fsp3) is 0.389. The predicted octanol–water partition coefficient (Wildman–Crippen LogP) is 0.514. The smallest absolute Gasteiger partial charge is 0.355 e. The van der Waals surface area contributed by atoms with E-state index in [1.54, 1.807) is 18.2 Å². The number of carbonyl (C=O) groups excluding carboxylic acids is 3. The molecule has 0 spiro atoms. The molecule has 0 fully saturated rings. The molecule has 2 aliphatic rings. The van der Waals surface area contributed by atoms with Crippen LogP contribution in [-0.4, -0.2) is 49.9 Å². The molecule has 1 aromatic carbocycles. The monoisotopic (exact) mass is 386 g/mol. The second-order valence-electron chi connectivity index (χ2n) is 5.95. The minimum absolute atomic E-state index is 0.0512. The van der Waals surface area contributed by atoms with E-state index in [0.29, 0.717) is 30.4 Å². The molecule has 0 bridgehead atoms. The van der Waals surface area contributed by atoms with E-state index in [0.717, 1.165) is 0 Å². The third kappa shape index (κ3) is 4.56. The van der Waals surface area contributed by atoms with Gasteiger partial charge in [-0.3, -0.25) is 9.59 Å². The van der Waals surface area contributed by atoms with Crippen molar-refractivity contribution in [2.24, 2.45) is 5.10 Å². The first kappa shape index (κ1) is 19.2. The van der Waals surface area contributed by atoms with Crippen LogP contribution in [0.1, 0.15) is 19.3 Å². The summed E-state index contributed by atoms with van der Waals surface area (Å²) in [5, 5.41) is 12.5. The Morgan fingerprint density at radius 1 is 1.25 bits per heavy atom. The maximum atomic E-state index is 12.6. The Balaban J connectivity index is 1.67. The average Bonchev–Trinajstić information content (AvgIpc) is 2.72. The van der Waals surface area contributed by atoms with Crippen molar-refractivity contribution in [3.05, 3.63) is 18.2 Å². The van der Waals surface area contributed by atoms with Crippen LogP contribution < -0.4 is 19.8 Å². The lowest BCUT2D eigenvalue weighted by Crippen LogP contribution is -2.37. The molecule has 1 N–H and O–H groups in total. The number of nitrogens with one attached hydrogen (secondary N) is 1. The van der Waals surface area contributed by atoms with Crippen molar-refractivity contribution < 1.29 is 28.6 Å². The summed E-state index contributed by atoms with van der Waals surface area (Å²) in [6, 6.07) is 6.99. The van der Waals surface area contributed by atoms with Crippen molar-refractivity contribution >= 4 is 29.2 Å². The predicted molar refractivity (Wildman–Crippen MR) is 95.8 cm³/mol. The van der Waals surface area contributed by atoms with Gasteiger partial charge in [-0.1, -0.05) is 0 Å². The van der Waals surface area contributed by atoms with Crippen molar-refractivity contribution in [1.82, 2.24) is 5.43 Å². The molecule has 3 rings (SSSR count). The minimum atomic E-state index is -0.768. The zero-order valence-corrected chi connectivity index (χ0v) is 15.0. The Morgan fingerprint density at radius 3 is 2.75 bits per heavy atom. The molecule has 0 atom stereocenters. The van der Waals surface area contributed by atoms with E-state index in [2.05, 4.69) is 10.5 Å². The first-order valence-corrected chi connectivity index (χ1v) is 8.68. The molecule has 0 unspecified atom stereocenters. The van der Waals surface area contributed by atoms with Crippen LogP contribution in [0.25, 0.3) is 0 Å². The van der Waals surface area contributed by atoms with Crippen LogP contribution >= 0.6 is 0 Å². The van der Waals surface area contributed by atoms with E-state index in [1.807, 2.05) is 6.07 Å². The number of hydrazone groups is 1. The van der Waals surface area contributed by atoms with Gasteiger partial charge in [0.25, 0.3) is 5.91 Å². The molecule has 2 aliphatic heterocycles. The summed E-state index contributed by atoms with van der Waals surface area (Å²) in [5.74, 6) is -0.473. The van der Waals surface area contributed by atoms with E-state index >= 15 is 0 Å². The number of hydrogen-bond acceptors (Lipinski definition) is 8. The molecule has 0 aliphatic carbocycles. The van der Waals surface area contributed by atoms with Gasteiger partial charge in [-0.05, 0) is 12.1 Å². The number of carbonyl (C=O) groups is 3. The van der Waals surface area contributed by atoms with E-state index < -0.39 is 18.5 Å². The van der Waals surface area contributed by atoms with E-state index in [9.17, 15) is 14.4 Å². The highest BCUT2D eigenvalue weighted by Gasteiger charge is 2.23. The second kappa shape index (κ2) is 8.85. The molecule has 0 saturated carbocycles. The lowest BCUT2D eigenvalue weighted by atomic mass is 10.2. The number of hydrogen-bond donors (Lipinski definition) is 1. The summed E-state index contributed by atoms with van der Waals surface area (Å²) < 4.78 is 16.0. The molecule has 10 heteroatoms. The van der Waals surface area contributed by atoms with Crippen molar-refractivity contribution in [1.29, 1.82) is 5.26 Å². The molecule has 146 valence electrons. The summed E-state index contributed by atoms with van der Waals surface area (Å²) in [6.45, 7) is 0.456. The minimum Gasteiger partial charge on any atom is -0.486 e. The van der Waals surface area contributed by atoms with Gasteiger partial charge in [0.1, 0.15) is 18.9 Å². The topological polar surface area (TPSA) is 130 Å². The molecule has 2 amide bonds. The second-order valence-corrected chi connectivity index (χ2v) is 5.95. The zero-order valence-electron chi connectivity index (χ0n) is 15.0. The van der Waals surface area contributed by atoms with Crippen molar-refractivity contribution in [3.8, 4) is 17.6 Å². The van der Waals surface area contributed by atoms with Crippen LogP contribution in [0.2, 0.25) is 0 Å². The van der Waals surface area contributed by atoms with Crippen molar-refractivity contribution in [3.63, 3.8) is 0 Å². The van der Waals surface area contributed by atoms with E-state index in [4.69, 9.17) is 19.5 Å². The van der Waals surface area contributed by atoms with Crippen LogP contribution in [0.4, 0.5) is 5.69 Å². The summed E-state index contributed by atoms with van der Waals surface area (Å²) in [4.78, 5) is 37.0. The molecule has 0 aromatic heterocycles. The van der Waals surface area contributed by atoms with Crippen molar-refractivity contribution in [2.75, 3.05) is 31.3 Å². The van der Waals surface area contributed by atoms with Crippen LogP contribution in [0.3, 0.4) is 0 Å². The number of amides is 2. The number of benzene rings is 1. The number of anilines is 1. The van der Waals surface area contributed by atoms with Gasteiger partial charge < -0.3 is 19.1 Å². The fourth-order valence-electron chi connectivity index (χ4n) is 2.67. The number of nitrogens with zero attached hydrogens (tertiary/aromatic N) is 3.